The Balaban J connectivity index is 1.95. The van der Waals surface area contributed by atoms with E-state index in [4.69, 9.17) is 0 Å². The van der Waals surface area contributed by atoms with Crippen LogP contribution in [0.15, 0.2) is 20.1 Å². The quantitative estimate of drug-likeness (QED) is 0.890. The number of thiophene rings is 1. The van der Waals surface area contributed by atoms with Crippen LogP contribution in [0.2, 0.25) is 0 Å². The number of sulfonamides is 1. The molecule has 1 aliphatic heterocycles. The van der Waals surface area contributed by atoms with Gasteiger partial charge in [0.1, 0.15) is 4.21 Å². The fourth-order valence-corrected chi connectivity index (χ4v) is 5.58. The Hall–Kier alpha value is 0.0500. The molecule has 1 N–H and O–H groups in total. The molecule has 2 rings (SSSR count). The van der Waals surface area contributed by atoms with Crippen molar-refractivity contribution in [3.05, 3.63) is 15.9 Å². The van der Waals surface area contributed by atoms with Crippen LogP contribution in [0.1, 0.15) is 26.7 Å². The Morgan fingerprint density at radius 3 is 2.47 bits per heavy atom. The Morgan fingerprint density at radius 1 is 1.37 bits per heavy atom. The van der Waals surface area contributed by atoms with Gasteiger partial charge >= 0.3 is 0 Å². The molecule has 0 saturated carbocycles. The molecule has 0 radical (unpaired) electrons. The Morgan fingerprint density at radius 2 is 2.00 bits per heavy atom. The molecular weight excluding hydrogens is 348 g/mol. The summed E-state index contributed by atoms with van der Waals surface area (Å²) in [5.41, 5.74) is 0. The lowest BCUT2D eigenvalue weighted by molar-refractivity contribution is 0.168. The van der Waals surface area contributed by atoms with Crippen LogP contribution in [0.4, 0.5) is 0 Å². The van der Waals surface area contributed by atoms with Crippen molar-refractivity contribution in [3.8, 4) is 0 Å². The van der Waals surface area contributed by atoms with Gasteiger partial charge in [-0.15, -0.1) is 11.3 Å². The standard InChI is InChI=1S/C12H19BrN2O2S2/c1-9(2)15-7-5-10(6-8-15)14-19(16,17)12-4-3-11(13)18-12/h3-4,9-10,14H,5-8H2,1-2H3. The van der Waals surface area contributed by atoms with Crippen molar-refractivity contribution in [2.24, 2.45) is 0 Å². The van der Waals surface area contributed by atoms with Crippen LogP contribution >= 0.6 is 27.3 Å². The molecule has 4 nitrogen and oxygen atoms in total. The topological polar surface area (TPSA) is 49.4 Å². The van der Waals surface area contributed by atoms with E-state index in [2.05, 4.69) is 39.4 Å². The molecule has 1 aromatic heterocycles. The van der Waals surface area contributed by atoms with Gasteiger partial charge in [0.2, 0.25) is 10.0 Å². The molecule has 1 aliphatic rings. The molecule has 0 aliphatic carbocycles. The molecule has 19 heavy (non-hydrogen) atoms. The first kappa shape index (κ1) is 15.4. The molecule has 1 fully saturated rings. The average Bonchev–Trinajstić information content (AvgIpc) is 2.77. The Labute approximate surface area is 127 Å². The molecule has 2 heterocycles. The molecule has 7 heteroatoms. The number of hydrogen-bond acceptors (Lipinski definition) is 4. The summed E-state index contributed by atoms with van der Waals surface area (Å²) in [7, 11) is -3.36. The highest BCUT2D eigenvalue weighted by molar-refractivity contribution is 9.11. The second-order valence-electron chi connectivity index (χ2n) is 5.08. The number of hydrogen-bond donors (Lipinski definition) is 1. The normalized spacial score (nSPS) is 19.2. The van der Waals surface area contributed by atoms with Crippen molar-refractivity contribution in [1.82, 2.24) is 9.62 Å². The van der Waals surface area contributed by atoms with Crippen LogP contribution in [-0.2, 0) is 10.0 Å². The van der Waals surface area contributed by atoms with Crippen molar-refractivity contribution in [3.63, 3.8) is 0 Å². The lowest BCUT2D eigenvalue weighted by atomic mass is 10.1. The first-order valence-corrected chi connectivity index (χ1v) is 9.49. The van der Waals surface area contributed by atoms with Crippen LogP contribution in [0.5, 0.6) is 0 Å². The van der Waals surface area contributed by atoms with Gasteiger partial charge in [-0.25, -0.2) is 13.1 Å². The maximum Gasteiger partial charge on any atom is 0.250 e. The van der Waals surface area contributed by atoms with E-state index in [0.717, 1.165) is 29.7 Å². The minimum atomic E-state index is -3.36. The molecule has 0 amide bonds. The van der Waals surface area contributed by atoms with E-state index < -0.39 is 10.0 Å². The van der Waals surface area contributed by atoms with Gasteiger partial charge in [0, 0.05) is 12.1 Å². The summed E-state index contributed by atoms with van der Waals surface area (Å²) in [6.45, 7) is 6.26. The van der Waals surface area contributed by atoms with E-state index in [1.54, 1.807) is 12.1 Å². The molecule has 0 atom stereocenters. The zero-order chi connectivity index (χ0) is 14.0. The number of piperidine rings is 1. The van der Waals surface area contributed by atoms with E-state index in [9.17, 15) is 8.42 Å². The van der Waals surface area contributed by atoms with Crippen LogP contribution in [0, 0.1) is 0 Å². The molecule has 0 spiro atoms. The fourth-order valence-electron chi connectivity index (χ4n) is 2.25. The third kappa shape index (κ3) is 4.01. The van der Waals surface area contributed by atoms with Crippen LogP contribution in [0.3, 0.4) is 0 Å². The first-order chi connectivity index (χ1) is 8.88. The van der Waals surface area contributed by atoms with Gasteiger partial charge in [-0.3, -0.25) is 0 Å². The summed E-state index contributed by atoms with van der Waals surface area (Å²) in [5.74, 6) is 0. The van der Waals surface area contributed by atoms with Gasteiger partial charge in [0.05, 0.1) is 3.79 Å². The number of nitrogens with one attached hydrogen (secondary N) is 1. The Kier molecular flexibility index (Phi) is 5.05. The summed E-state index contributed by atoms with van der Waals surface area (Å²) in [6.07, 6.45) is 1.76. The van der Waals surface area contributed by atoms with Crippen molar-refractivity contribution in [2.45, 2.75) is 43.0 Å². The SMILES string of the molecule is CC(C)N1CCC(NS(=O)(=O)c2ccc(Br)s2)CC1. The summed E-state index contributed by atoms with van der Waals surface area (Å²) in [6, 6.07) is 3.99. The third-order valence-corrected chi connectivity index (χ3v) is 7.03. The average molecular weight is 367 g/mol. The van der Waals surface area contributed by atoms with E-state index in [1.165, 1.54) is 11.3 Å². The summed E-state index contributed by atoms with van der Waals surface area (Å²) in [4.78, 5) is 2.38. The Bertz CT molecular complexity index is 520. The fraction of sp³-hybridized carbons (Fsp3) is 0.667. The van der Waals surface area contributed by atoms with Crippen LogP contribution < -0.4 is 4.72 Å². The number of halogens is 1. The number of likely N-dealkylation sites (tertiary alicyclic amines) is 1. The maximum atomic E-state index is 12.2. The van der Waals surface area contributed by atoms with Gasteiger partial charge in [0.15, 0.2) is 0 Å². The van der Waals surface area contributed by atoms with Gasteiger partial charge < -0.3 is 4.90 Å². The summed E-state index contributed by atoms with van der Waals surface area (Å²) in [5, 5.41) is 0. The van der Waals surface area contributed by atoms with Crippen molar-refractivity contribution in [1.29, 1.82) is 0 Å². The summed E-state index contributed by atoms with van der Waals surface area (Å²) < 4.78 is 28.4. The zero-order valence-electron chi connectivity index (χ0n) is 11.1. The van der Waals surface area contributed by atoms with E-state index >= 15 is 0 Å². The first-order valence-electron chi connectivity index (χ1n) is 6.40. The second-order valence-corrected chi connectivity index (χ2v) is 9.49. The van der Waals surface area contributed by atoms with Gasteiger partial charge in [0.25, 0.3) is 0 Å². The predicted molar refractivity (Wildman–Crippen MR) is 82.1 cm³/mol. The highest BCUT2D eigenvalue weighted by Gasteiger charge is 2.26. The summed E-state index contributed by atoms with van der Waals surface area (Å²) >= 11 is 4.54. The largest absolute Gasteiger partial charge is 0.301 e. The van der Waals surface area contributed by atoms with Crippen LogP contribution in [-0.4, -0.2) is 38.5 Å². The van der Waals surface area contributed by atoms with E-state index in [0.29, 0.717) is 10.3 Å². The van der Waals surface area contributed by atoms with Gasteiger partial charge in [-0.2, -0.15) is 0 Å². The van der Waals surface area contributed by atoms with Gasteiger partial charge in [-0.1, -0.05) is 0 Å². The van der Waals surface area contributed by atoms with E-state index in [-0.39, 0.29) is 6.04 Å². The lowest BCUT2D eigenvalue weighted by Crippen LogP contribution is -2.46. The molecule has 1 saturated heterocycles. The minimum Gasteiger partial charge on any atom is -0.301 e. The van der Waals surface area contributed by atoms with Crippen molar-refractivity contribution < 1.29 is 8.42 Å². The molecule has 0 aromatic carbocycles. The zero-order valence-corrected chi connectivity index (χ0v) is 14.3. The molecule has 1 aromatic rings. The predicted octanol–water partition coefficient (Wildman–Crippen LogP) is 2.66. The third-order valence-electron chi connectivity index (χ3n) is 3.40. The van der Waals surface area contributed by atoms with Crippen molar-refractivity contribution in [2.75, 3.05) is 13.1 Å². The number of rotatable bonds is 4. The smallest absolute Gasteiger partial charge is 0.250 e. The molecular formula is C12H19BrN2O2S2. The monoisotopic (exact) mass is 366 g/mol. The van der Waals surface area contributed by atoms with Crippen molar-refractivity contribution >= 4 is 37.3 Å². The van der Waals surface area contributed by atoms with Crippen LogP contribution in [0.25, 0.3) is 0 Å². The van der Waals surface area contributed by atoms with E-state index in [1.807, 2.05) is 0 Å². The number of nitrogens with zero attached hydrogens (tertiary/aromatic N) is 1. The minimum absolute atomic E-state index is 0.0564. The highest BCUT2D eigenvalue weighted by Crippen LogP contribution is 2.26. The lowest BCUT2D eigenvalue weighted by Gasteiger charge is -2.34. The van der Waals surface area contributed by atoms with Gasteiger partial charge in [-0.05, 0) is 67.8 Å². The highest BCUT2D eigenvalue weighted by atomic mass is 79.9. The molecule has 0 bridgehead atoms. The molecule has 0 unspecified atom stereocenters. The second kappa shape index (κ2) is 6.22. The molecule has 108 valence electrons. The maximum absolute atomic E-state index is 12.2.